The van der Waals surface area contributed by atoms with Crippen molar-refractivity contribution in [2.24, 2.45) is 5.92 Å². The summed E-state index contributed by atoms with van der Waals surface area (Å²) in [7, 11) is 0. The summed E-state index contributed by atoms with van der Waals surface area (Å²) >= 11 is 4.28. The predicted molar refractivity (Wildman–Crippen MR) is 63.6 cm³/mol. The van der Waals surface area contributed by atoms with E-state index in [1.54, 1.807) is 0 Å². The highest BCUT2D eigenvalue weighted by Crippen LogP contribution is 2.30. The molecule has 1 fully saturated rings. The number of ether oxygens (including phenoxy) is 1. The molecular weight excluding hydrogens is 280 g/mol. The fourth-order valence-corrected chi connectivity index (χ4v) is 1.81. The predicted octanol–water partition coefficient (Wildman–Crippen LogP) is 2.84. The van der Waals surface area contributed by atoms with E-state index in [1.807, 2.05) is 13.8 Å². The smallest absolute Gasteiger partial charge is 0.313 e. The third-order valence-electron chi connectivity index (χ3n) is 1.73. The number of rotatable bonds is 4. The van der Waals surface area contributed by atoms with Gasteiger partial charge in [0, 0.05) is 5.25 Å². The lowest BCUT2D eigenvalue weighted by Crippen LogP contribution is -2.03. The zero-order chi connectivity index (χ0) is 11.4. The average Bonchev–Trinajstić information content (AvgIpc) is 2.95. The van der Waals surface area contributed by atoms with E-state index < -0.39 is 0 Å². The van der Waals surface area contributed by atoms with Crippen molar-refractivity contribution in [1.29, 1.82) is 0 Å². The molecule has 1 aliphatic rings. The molecule has 5 heteroatoms. The van der Waals surface area contributed by atoms with Crippen LogP contribution >= 0.6 is 27.7 Å². The van der Waals surface area contributed by atoms with Crippen LogP contribution in [0, 0.1) is 5.92 Å². The molecular formula is C10H13BrO3S. The molecule has 0 saturated heterocycles. The molecule has 0 heterocycles. The van der Waals surface area contributed by atoms with Gasteiger partial charge in [0.2, 0.25) is 5.12 Å². The van der Waals surface area contributed by atoms with Crippen molar-refractivity contribution in [2.45, 2.75) is 31.9 Å². The minimum atomic E-state index is -0.241. The zero-order valence-corrected chi connectivity index (χ0v) is 11.1. The van der Waals surface area contributed by atoms with Crippen LogP contribution in [0.2, 0.25) is 0 Å². The van der Waals surface area contributed by atoms with Gasteiger partial charge in [0.25, 0.3) is 0 Å². The van der Waals surface area contributed by atoms with Gasteiger partial charge in [-0.25, -0.2) is 0 Å². The molecule has 15 heavy (non-hydrogen) atoms. The second-order valence-corrected chi connectivity index (χ2v) is 6.03. The Morgan fingerprint density at radius 3 is 2.53 bits per heavy atom. The molecule has 1 aliphatic carbocycles. The van der Waals surface area contributed by atoms with Crippen LogP contribution in [0.15, 0.2) is 10.7 Å². The molecule has 0 bridgehead atoms. The Kier molecular flexibility index (Phi) is 4.86. The molecule has 0 aromatic carbocycles. The van der Waals surface area contributed by atoms with Crippen LogP contribution in [0.1, 0.15) is 26.7 Å². The van der Waals surface area contributed by atoms with Gasteiger partial charge in [-0.2, -0.15) is 0 Å². The molecule has 1 saturated carbocycles. The number of carbonyl (C=O) groups is 2. The lowest BCUT2D eigenvalue weighted by Gasteiger charge is -2.02. The van der Waals surface area contributed by atoms with Crippen molar-refractivity contribution < 1.29 is 14.3 Å². The van der Waals surface area contributed by atoms with Gasteiger partial charge in [-0.1, -0.05) is 25.6 Å². The summed E-state index contributed by atoms with van der Waals surface area (Å²) in [5, 5.41) is 0.103. The van der Waals surface area contributed by atoms with E-state index in [2.05, 4.69) is 15.9 Å². The number of hydrogen-bond donors (Lipinski definition) is 0. The van der Waals surface area contributed by atoms with Gasteiger partial charge in [-0.15, -0.1) is 0 Å². The Morgan fingerprint density at radius 2 is 2.07 bits per heavy atom. The van der Waals surface area contributed by atoms with Crippen LogP contribution in [0.3, 0.4) is 0 Å². The number of esters is 1. The highest BCUT2D eigenvalue weighted by atomic mass is 79.9. The van der Waals surface area contributed by atoms with E-state index >= 15 is 0 Å². The Labute approximate surface area is 102 Å². The summed E-state index contributed by atoms with van der Waals surface area (Å²) in [6.07, 6.45) is 3.00. The van der Waals surface area contributed by atoms with Gasteiger partial charge in [-0.05, 0) is 28.8 Å². The first-order valence-corrected chi connectivity index (χ1v) is 6.45. The van der Waals surface area contributed by atoms with Crippen molar-refractivity contribution in [1.82, 2.24) is 0 Å². The number of carbonyl (C=O) groups excluding carboxylic acids is 2. The molecule has 3 nitrogen and oxygen atoms in total. The van der Waals surface area contributed by atoms with E-state index in [9.17, 15) is 9.59 Å². The first kappa shape index (κ1) is 12.8. The van der Waals surface area contributed by atoms with Gasteiger partial charge < -0.3 is 4.74 Å². The first-order valence-electron chi connectivity index (χ1n) is 4.78. The SMILES string of the molecule is CC(C)SC(=O)/C(Br)=C/OC(=O)C1CC1. The van der Waals surface area contributed by atoms with Gasteiger partial charge in [0.15, 0.2) is 0 Å². The van der Waals surface area contributed by atoms with Crippen LogP contribution in [0.4, 0.5) is 0 Å². The fraction of sp³-hybridized carbons (Fsp3) is 0.600. The van der Waals surface area contributed by atoms with Crippen LogP contribution in [0.5, 0.6) is 0 Å². The summed E-state index contributed by atoms with van der Waals surface area (Å²) in [6, 6.07) is 0. The van der Waals surface area contributed by atoms with Gasteiger partial charge in [-0.3, -0.25) is 9.59 Å². The fourth-order valence-electron chi connectivity index (χ4n) is 0.844. The summed E-state index contributed by atoms with van der Waals surface area (Å²) in [6.45, 7) is 3.86. The normalized spacial score (nSPS) is 16.7. The number of halogens is 1. The van der Waals surface area contributed by atoms with Gasteiger partial charge in [0.05, 0.1) is 5.92 Å². The summed E-state index contributed by atoms with van der Waals surface area (Å²) in [5.74, 6) is -0.191. The second kappa shape index (κ2) is 5.70. The molecule has 0 radical (unpaired) electrons. The first-order chi connectivity index (χ1) is 7.00. The lowest BCUT2D eigenvalue weighted by molar-refractivity contribution is -0.139. The highest BCUT2D eigenvalue weighted by Gasteiger charge is 2.31. The minimum absolute atomic E-state index is 0.0504. The van der Waals surface area contributed by atoms with E-state index in [0.29, 0.717) is 4.48 Å². The van der Waals surface area contributed by atoms with Gasteiger partial charge in [0.1, 0.15) is 10.7 Å². The van der Waals surface area contributed by atoms with Crippen molar-refractivity contribution in [2.75, 3.05) is 0 Å². The molecule has 0 amide bonds. The molecule has 0 unspecified atom stereocenters. The Hall–Kier alpha value is -0.290. The monoisotopic (exact) mass is 292 g/mol. The van der Waals surface area contributed by atoms with Gasteiger partial charge >= 0.3 is 5.97 Å². The highest BCUT2D eigenvalue weighted by molar-refractivity contribution is 9.12. The van der Waals surface area contributed by atoms with Crippen molar-refractivity contribution in [3.63, 3.8) is 0 Å². The van der Waals surface area contributed by atoms with Crippen molar-refractivity contribution in [3.05, 3.63) is 10.7 Å². The summed E-state index contributed by atoms with van der Waals surface area (Å²) in [5.41, 5.74) is 0. The molecule has 1 rings (SSSR count). The standard InChI is InChI=1S/C10H13BrO3S/c1-6(2)15-10(13)8(11)5-14-9(12)7-3-4-7/h5-7H,3-4H2,1-2H3/b8-5-. The maximum absolute atomic E-state index is 11.4. The molecule has 0 aromatic heterocycles. The maximum Gasteiger partial charge on any atom is 0.313 e. The Bertz CT molecular complexity index is 295. The Morgan fingerprint density at radius 1 is 1.47 bits per heavy atom. The second-order valence-electron chi connectivity index (χ2n) is 3.63. The third-order valence-corrected chi connectivity index (χ3v) is 3.44. The maximum atomic E-state index is 11.4. The quantitative estimate of drug-likeness (QED) is 0.454. The number of hydrogen-bond acceptors (Lipinski definition) is 4. The largest absolute Gasteiger partial charge is 0.433 e. The number of thioether (sulfide) groups is 1. The van der Waals surface area contributed by atoms with Crippen LogP contribution in [0.25, 0.3) is 0 Å². The third kappa shape index (κ3) is 4.84. The topological polar surface area (TPSA) is 43.4 Å². The minimum Gasteiger partial charge on any atom is -0.433 e. The van der Waals surface area contributed by atoms with E-state index in [0.717, 1.165) is 12.8 Å². The van der Waals surface area contributed by atoms with E-state index in [1.165, 1.54) is 18.0 Å². The van der Waals surface area contributed by atoms with Crippen LogP contribution in [-0.2, 0) is 14.3 Å². The van der Waals surface area contributed by atoms with Crippen molar-refractivity contribution >= 4 is 38.8 Å². The average molecular weight is 293 g/mol. The molecule has 0 aromatic rings. The molecule has 0 spiro atoms. The lowest BCUT2D eigenvalue weighted by atomic mass is 10.4. The van der Waals surface area contributed by atoms with E-state index in [-0.39, 0.29) is 22.3 Å². The summed E-state index contributed by atoms with van der Waals surface area (Å²) < 4.78 is 5.15. The molecule has 0 N–H and O–H groups in total. The summed E-state index contributed by atoms with van der Waals surface area (Å²) in [4.78, 5) is 22.6. The van der Waals surface area contributed by atoms with E-state index in [4.69, 9.17) is 4.74 Å². The van der Waals surface area contributed by atoms with Crippen LogP contribution in [-0.4, -0.2) is 16.3 Å². The Balaban J connectivity index is 2.36. The van der Waals surface area contributed by atoms with Crippen LogP contribution < -0.4 is 0 Å². The molecule has 0 atom stereocenters. The van der Waals surface area contributed by atoms with Crippen molar-refractivity contribution in [3.8, 4) is 0 Å². The zero-order valence-electron chi connectivity index (χ0n) is 8.66. The molecule has 0 aliphatic heterocycles. The molecule has 84 valence electrons.